The first-order valence-electron chi connectivity index (χ1n) is 7.33. The van der Waals surface area contributed by atoms with Crippen LogP contribution in [0, 0.1) is 0 Å². The van der Waals surface area contributed by atoms with Gasteiger partial charge in [-0.25, -0.2) is 4.79 Å². The second kappa shape index (κ2) is 5.83. The summed E-state index contributed by atoms with van der Waals surface area (Å²) in [7, 11) is 0. The van der Waals surface area contributed by atoms with Crippen molar-refractivity contribution in [3.63, 3.8) is 0 Å². The fourth-order valence-corrected chi connectivity index (χ4v) is 2.00. The number of piperidine rings is 1. The van der Waals surface area contributed by atoms with Gasteiger partial charge in [0.1, 0.15) is 16.7 Å². The van der Waals surface area contributed by atoms with Gasteiger partial charge in [-0.2, -0.15) is 0 Å². The van der Waals surface area contributed by atoms with E-state index in [4.69, 9.17) is 15.2 Å². The average molecular weight is 300 g/mol. The van der Waals surface area contributed by atoms with Crippen LogP contribution in [-0.2, 0) is 14.3 Å². The number of rotatable bonds is 1. The Balaban J connectivity index is 2.58. The molecule has 0 aromatic rings. The molecule has 0 spiro atoms. The zero-order valence-electron chi connectivity index (χ0n) is 14.0. The second-order valence-corrected chi connectivity index (χ2v) is 7.63. The largest absolute Gasteiger partial charge is 0.459 e. The number of hydrogen-bond acceptors (Lipinski definition) is 5. The smallest absolute Gasteiger partial charge is 0.410 e. The summed E-state index contributed by atoms with van der Waals surface area (Å²) >= 11 is 0. The van der Waals surface area contributed by atoms with Gasteiger partial charge in [-0.15, -0.1) is 0 Å². The normalized spacial score (nSPS) is 19.1. The van der Waals surface area contributed by atoms with Crippen molar-refractivity contribution in [3.8, 4) is 0 Å². The Kier molecular flexibility index (Phi) is 4.93. The van der Waals surface area contributed by atoms with Crippen molar-refractivity contribution < 1.29 is 19.1 Å². The highest BCUT2D eigenvalue weighted by atomic mass is 16.6. The minimum absolute atomic E-state index is 0.367. The van der Waals surface area contributed by atoms with Crippen molar-refractivity contribution in [1.29, 1.82) is 0 Å². The third kappa shape index (κ3) is 5.53. The second-order valence-electron chi connectivity index (χ2n) is 7.63. The molecular weight excluding hydrogens is 272 g/mol. The quantitative estimate of drug-likeness (QED) is 0.750. The van der Waals surface area contributed by atoms with E-state index in [9.17, 15) is 9.59 Å². The maximum atomic E-state index is 12.2. The molecule has 6 nitrogen and oxygen atoms in total. The number of nitrogens with zero attached hydrogens (tertiary/aromatic N) is 1. The van der Waals surface area contributed by atoms with Crippen LogP contribution in [-0.4, -0.2) is 46.8 Å². The van der Waals surface area contributed by atoms with Crippen LogP contribution in [0.3, 0.4) is 0 Å². The van der Waals surface area contributed by atoms with Crippen molar-refractivity contribution in [3.05, 3.63) is 0 Å². The van der Waals surface area contributed by atoms with E-state index in [0.717, 1.165) is 0 Å². The summed E-state index contributed by atoms with van der Waals surface area (Å²) < 4.78 is 10.7. The topological polar surface area (TPSA) is 81.9 Å². The van der Waals surface area contributed by atoms with E-state index in [1.165, 1.54) is 0 Å². The number of amides is 1. The Morgan fingerprint density at radius 3 is 1.76 bits per heavy atom. The van der Waals surface area contributed by atoms with Gasteiger partial charge in [0.05, 0.1) is 0 Å². The fourth-order valence-electron chi connectivity index (χ4n) is 2.00. The highest BCUT2D eigenvalue weighted by Gasteiger charge is 2.42. The van der Waals surface area contributed by atoms with E-state index in [0.29, 0.717) is 25.9 Å². The average Bonchev–Trinajstić information content (AvgIpc) is 2.25. The predicted octanol–water partition coefficient (Wildman–Crippen LogP) is 2.06. The molecule has 2 N–H and O–H groups in total. The summed E-state index contributed by atoms with van der Waals surface area (Å²) in [6, 6.07) is 0. The van der Waals surface area contributed by atoms with Gasteiger partial charge >= 0.3 is 12.1 Å². The lowest BCUT2D eigenvalue weighted by atomic mass is 9.88. The molecule has 0 aromatic carbocycles. The molecule has 21 heavy (non-hydrogen) atoms. The van der Waals surface area contributed by atoms with Gasteiger partial charge in [-0.05, 0) is 54.4 Å². The molecule has 1 aliphatic heterocycles. The summed E-state index contributed by atoms with van der Waals surface area (Å²) in [4.78, 5) is 25.7. The van der Waals surface area contributed by atoms with Crippen molar-refractivity contribution in [2.24, 2.45) is 5.73 Å². The first-order valence-corrected chi connectivity index (χ1v) is 7.33. The Hall–Kier alpha value is -1.30. The van der Waals surface area contributed by atoms with E-state index in [-0.39, 0.29) is 6.09 Å². The molecule has 1 heterocycles. The van der Waals surface area contributed by atoms with Gasteiger partial charge in [0.25, 0.3) is 0 Å². The summed E-state index contributed by atoms with van der Waals surface area (Å²) in [5.41, 5.74) is 4.03. The Bertz CT molecular complexity index is 399. The predicted molar refractivity (Wildman–Crippen MR) is 79.8 cm³/mol. The van der Waals surface area contributed by atoms with Gasteiger partial charge in [-0.1, -0.05) is 0 Å². The van der Waals surface area contributed by atoms with E-state index >= 15 is 0 Å². The van der Waals surface area contributed by atoms with Gasteiger partial charge in [0, 0.05) is 13.1 Å². The molecule has 1 aliphatic rings. The van der Waals surface area contributed by atoms with Crippen molar-refractivity contribution in [2.75, 3.05) is 13.1 Å². The van der Waals surface area contributed by atoms with Crippen molar-refractivity contribution >= 4 is 12.1 Å². The van der Waals surface area contributed by atoms with Crippen LogP contribution in [0.4, 0.5) is 4.79 Å². The molecule has 0 aliphatic carbocycles. The molecule has 1 amide bonds. The zero-order chi connectivity index (χ0) is 16.5. The van der Waals surface area contributed by atoms with Crippen LogP contribution in [0.5, 0.6) is 0 Å². The van der Waals surface area contributed by atoms with Crippen molar-refractivity contribution in [2.45, 2.75) is 71.1 Å². The van der Waals surface area contributed by atoms with E-state index in [1.54, 1.807) is 4.90 Å². The monoisotopic (exact) mass is 300 g/mol. The van der Waals surface area contributed by atoms with Crippen LogP contribution < -0.4 is 5.73 Å². The van der Waals surface area contributed by atoms with Crippen LogP contribution in [0.2, 0.25) is 0 Å². The Morgan fingerprint density at radius 2 is 1.38 bits per heavy atom. The Labute approximate surface area is 126 Å². The molecule has 0 unspecified atom stereocenters. The number of carbonyl (C=O) groups excluding carboxylic acids is 2. The molecule has 0 bridgehead atoms. The first-order chi connectivity index (χ1) is 9.32. The third-order valence-corrected chi connectivity index (χ3v) is 3.11. The molecule has 1 rings (SSSR count). The number of hydrogen-bond donors (Lipinski definition) is 1. The number of likely N-dealkylation sites (tertiary alicyclic amines) is 1. The minimum Gasteiger partial charge on any atom is -0.459 e. The van der Waals surface area contributed by atoms with E-state index < -0.39 is 22.7 Å². The SMILES string of the molecule is CC(C)(C)OC(=O)N1CCC(N)(C(=O)OC(C)(C)C)CC1. The summed E-state index contributed by atoms with van der Waals surface area (Å²) in [5.74, 6) is -0.404. The molecule has 0 aromatic heterocycles. The molecule has 0 saturated carbocycles. The molecule has 0 radical (unpaired) electrons. The minimum atomic E-state index is -1.02. The van der Waals surface area contributed by atoms with Gasteiger partial charge < -0.3 is 20.1 Å². The van der Waals surface area contributed by atoms with Gasteiger partial charge in [-0.3, -0.25) is 4.79 Å². The number of carbonyl (C=O) groups is 2. The number of nitrogens with two attached hydrogens (primary N) is 1. The molecule has 0 atom stereocenters. The summed E-state index contributed by atoms with van der Waals surface area (Å²) in [6.45, 7) is 11.7. The van der Waals surface area contributed by atoms with Gasteiger partial charge in [0.2, 0.25) is 0 Å². The number of ether oxygens (including phenoxy) is 2. The van der Waals surface area contributed by atoms with Gasteiger partial charge in [0.15, 0.2) is 0 Å². The molecule has 6 heteroatoms. The summed E-state index contributed by atoms with van der Waals surface area (Å²) in [6.07, 6.45) is 0.385. The van der Waals surface area contributed by atoms with Crippen molar-refractivity contribution in [1.82, 2.24) is 4.90 Å². The van der Waals surface area contributed by atoms with Crippen LogP contribution in [0.1, 0.15) is 54.4 Å². The zero-order valence-corrected chi connectivity index (χ0v) is 14.0. The van der Waals surface area contributed by atoms with E-state index in [2.05, 4.69) is 0 Å². The summed E-state index contributed by atoms with van der Waals surface area (Å²) in [5, 5.41) is 0. The molecule has 122 valence electrons. The first kappa shape index (κ1) is 17.8. The van der Waals surface area contributed by atoms with Crippen LogP contribution in [0.15, 0.2) is 0 Å². The molecular formula is C15H28N2O4. The Morgan fingerprint density at radius 1 is 0.952 bits per heavy atom. The fraction of sp³-hybridized carbons (Fsp3) is 0.867. The lowest BCUT2D eigenvalue weighted by molar-refractivity contribution is -0.163. The molecule has 1 fully saturated rings. The highest BCUT2D eigenvalue weighted by molar-refractivity contribution is 5.81. The van der Waals surface area contributed by atoms with Crippen LogP contribution in [0.25, 0.3) is 0 Å². The van der Waals surface area contributed by atoms with Crippen LogP contribution >= 0.6 is 0 Å². The third-order valence-electron chi connectivity index (χ3n) is 3.11. The maximum absolute atomic E-state index is 12.2. The lowest BCUT2D eigenvalue weighted by Gasteiger charge is -2.39. The number of esters is 1. The van der Waals surface area contributed by atoms with E-state index in [1.807, 2.05) is 41.5 Å². The lowest BCUT2D eigenvalue weighted by Crippen LogP contribution is -2.58. The highest BCUT2D eigenvalue weighted by Crippen LogP contribution is 2.24. The molecule has 1 saturated heterocycles. The standard InChI is InChI=1S/C15H28N2O4/c1-13(2,3)20-11(18)15(16)7-9-17(10-8-15)12(19)21-14(4,5)6/h7-10,16H2,1-6H3. The maximum Gasteiger partial charge on any atom is 0.410 e.